The third-order valence-electron chi connectivity index (χ3n) is 2.99. The largest absolute Gasteiger partial charge is 0.312 e. The van der Waals surface area contributed by atoms with Gasteiger partial charge in [0.05, 0.1) is 0 Å². The predicted octanol–water partition coefficient (Wildman–Crippen LogP) is 3.96. The lowest BCUT2D eigenvalue weighted by Gasteiger charge is -2.06. The smallest absolute Gasteiger partial charge is 0.263 e. The fraction of sp³-hybridized carbons (Fsp3) is 0.250. The summed E-state index contributed by atoms with van der Waals surface area (Å²) in [6.45, 7) is 1.58. The second-order valence-electron chi connectivity index (χ2n) is 4.45. The zero-order valence-corrected chi connectivity index (χ0v) is 10.7. The van der Waals surface area contributed by atoms with Crippen molar-refractivity contribution in [2.45, 2.75) is 19.4 Å². The van der Waals surface area contributed by atoms with Crippen molar-refractivity contribution in [3.05, 3.63) is 71.3 Å². The molecule has 0 radical (unpaired) electrons. The zero-order valence-electron chi connectivity index (χ0n) is 10.7. The van der Waals surface area contributed by atoms with Crippen LogP contribution in [0, 0.1) is 0 Å². The molecule has 0 unspecified atom stereocenters. The highest BCUT2D eigenvalue weighted by Gasteiger charge is 2.05. The highest BCUT2D eigenvalue weighted by molar-refractivity contribution is 5.23. The Balaban J connectivity index is 1.74. The zero-order chi connectivity index (χ0) is 13.5. The summed E-state index contributed by atoms with van der Waals surface area (Å²) >= 11 is 0. The van der Waals surface area contributed by atoms with E-state index in [1.54, 1.807) is 12.1 Å². The van der Waals surface area contributed by atoms with E-state index in [1.165, 1.54) is 17.7 Å². The average molecular weight is 261 g/mol. The van der Waals surface area contributed by atoms with Crippen LogP contribution in [0.25, 0.3) is 0 Å². The SMILES string of the molecule is FC(F)c1ccc(CNCCc2ccccc2)cc1. The maximum Gasteiger partial charge on any atom is 0.263 e. The Morgan fingerprint density at radius 2 is 1.53 bits per heavy atom. The molecule has 0 saturated heterocycles. The molecule has 2 aromatic rings. The molecule has 3 heteroatoms. The summed E-state index contributed by atoms with van der Waals surface area (Å²) in [6, 6.07) is 16.7. The molecule has 0 atom stereocenters. The number of hydrogen-bond donors (Lipinski definition) is 1. The third kappa shape index (κ3) is 4.45. The van der Waals surface area contributed by atoms with Crippen molar-refractivity contribution in [3.8, 4) is 0 Å². The normalized spacial score (nSPS) is 10.9. The Morgan fingerprint density at radius 1 is 0.842 bits per heavy atom. The van der Waals surface area contributed by atoms with Crippen LogP contribution in [0.4, 0.5) is 8.78 Å². The first kappa shape index (κ1) is 13.7. The van der Waals surface area contributed by atoms with E-state index >= 15 is 0 Å². The molecule has 1 nitrogen and oxygen atoms in total. The van der Waals surface area contributed by atoms with E-state index in [4.69, 9.17) is 0 Å². The summed E-state index contributed by atoms with van der Waals surface area (Å²) in [5.74, 6) is 0. The van der Waals surface area contributed by atoms with Gasteiger partial charge in [0.2, 0.25) is 0 Å². The van der Waals surface area contributed by atoms with Gasteiger partial charge in [-0.15, -0.1) is 0 Å². The summed E-state index contributed by atoms with van der Waals surface area (Å²) in [7, 11) is 0. The van der Waals surface area contributed by atoms with Gasteiger partial charge in [0.25, 0.3) is 6.43 Å². The molecular formula is C16H17F2N. The monoisotopic (exact) mass is 261 g/mol. The number of benzene rings is 2. The van der Waals surface area contributed by atoms with Crippen LogP contribution in [0.15, 0.2) is 54.6 Å². The molecule has 0 aliphatic carbocycles. The molecule has 100 valence electrons. The van der Waals surface area contributed by atoms with Crippen LogP contribution in [-0.2, 0) is 13.0 Å². The van der Waals surface area contributed by atoms with E-state index in [0.717, 1.165) is 18.5 Å². The molecule has 0 aromatic heterocycles. The average Bonchev–Trinajstić information content (AvgIpc) is 2.45. The molecule has 0 aliphatic heterocycles. The standard InChI is InChI=1S/C16H17F2N/c17-16(18)15-8-6-14(7-9-15)12-19-11-10-13-4-2-1-3-5-13/h1-9,16,19H,10-12H2. The first-order valence-corrected chi connectivity index (χ1v) is 6.37. The minimum atomic E-state index is -2.39. The van der Waals surface area contributed by atoms with E-state index in [9.17, 15) is 8.78 Å². The Kier molecular flexibility index (Phi) is 5.04. The Hall–Kier alpha value is -1.74. The quantitative estimate of drug-likeness (QED) is 0.776. The molecule has 0 bridgehead atoms. The van der Waals surface area contributed by atoms with Crippen molar-refractivity contribution in [1.82, 2.24) is 5.32 Å². The molecule has 0 aliphatic rings. The molecule has 0 spiro atoms. The fourth-order valence-electron chi connectivity index (χ4n) is 1.89. The number of alkyl halides is 2. The van der Waals surface area contributed by atoms with Gasteiger partial charge in [0, 0.05) is 12.1 Å². The summed E-state index contributed by atoms with van der Waals surface area (Å²) < 4.78 is 24.8. The summed E-state index contributed by atoms with van der Waals surface area (Å²) in [5, 5.41) is 3.31. The first-order valence-electron chi connectivity index (χ1n) is 6.37. The van der Waals surface area contributed by atoms with Crippen LogP contribution in [0.2, 0.25) is 0 Å². The minimum absolute atomic E-state index is 0.0769. The lowest BCUT2D eigenvalue weighted by Crippen LogP contribution is -2.16. The van der Waals surface area contributed by atoms with Crippen LogP contribution in [0.5, 0.6) is 0 Å². The van der Waals surface area contributed by atoms with Gasteiger partial charge in [-0.3, -0.25) is 0 Å². The van der Waals surface area contributed by atoms with E-state index in [1.807, 2.05) is 18.2 Å². The Labute approximate surface area is 112 Å². The van der Waals surface area contributed by atoms with Crippen LogP contribution in [-0.4, -0.2) is 6.54 Å². The van der Waals surface area contributed by atoms with E-state index < -0.39 is 6.43 Å². The number of nitrogens with one attached hydrogen (secondary N) is 1. The Morgan fingerprint density at radius 3 is 2.16 bits per heavy atom. The summed E-state index contributed by atoms with van der Waals surface area (Å²) in [5.41, 5.74) is 2.40. The second kappa shape index (κ2) is 7.00. The number of halogens is 2. The Bertz CT molecular complexity index is 480. The summed E-state index contributed by atoms with van der Waals surface area (Å²) in [4.78, 5) is 0. The van der Waals surface area contributed by atoms with Gasteiger partial charge in [-0.1, -0.05) is 54.6 Å². The summed E-state index contributed by atoms with van der Waals surface area (Å²) in [6.07, 6.45) is -1.42. The van der Waals surface area contributed by atoms with Gasteiger partial charge < -0.3 is 5.32 Å². The van der Waals surface area contributed by atoms with E-state index in [2.05, 4.69) is 17.4 Å². The van der Waals surface area contributed by atoms with Gasteiger partial charge in [0.15, 0.2) is 0 Å². The maximum absolute atomic E-state index is 12.4. The van der Waals surface area contributed by atoms with Crippen LogP contribution in [0.1, 0.15) is 23.1 Å². The predicted molar refractivity (Wildman–Crippen MR) is 73.3 cm³/mol. The van der Waals surface area contributed by atoms with Crippen LogP contribution in [0.3, 0.4) is 0 Å². The third-order valence-corrected chi connectivity index (χ3v) is 2.99. The molecule has 0 amide bonds. The number of rotatable bonds is 6. The highest BCUT2D eigenvalue weighted by Crippen LogP contribution is 2.18. The van der Waals surface area contributed by atoms with E-state index in [0.29, 0.717) is 6.54 Å². The van der Waals surface area contributed by atoms with Crippen molar-refractivity contribution in [1.29, 1.82) is 0 Å². The molecule has 0 saturated carbocycles. The maximum atomic E-state index is 12.4. The lowest BCUT2D eigenvalue weighted by atomic mass is 10.1. The van der Waals surface area contributed by atoms with E-state index in [-0.39, 0.29) is 5.56 Å². The molecule has 2 aromatic carbocycles. The first-order chi connectivity index (χ1) is 9.25. The van der Waals surface area contributed by atoms with Crippen molar-refractivity contribution in [2.75, 3.05) is 6.54 Å². The van der Waals surface area contributed by atoms with Gasteiger partial charge in [-0.25, -0.2) is 8.78 Å². The van der Waals surface area contributed by atoms with Crippen LogP contribution >= 0.6 is 0 Å². The van der Waals surface area contributed by atoms with Gasteiger partial charge in [-0.2, -0.15) is 0 Å². The van der Waals surface area contributed by atoms with Crippen molar-refractivity contribution >= 4 is 0 Å². The molecule has 2 rings (SSSR count). The highest BCUT2D eigenvalue weighted by atomic mass is 19.3. The molecular weight excluding hydrogens is 244 g/mol. The van der Waals surface area contributed by atoms with Crippen LogP contribution < -0.4 is 5.32 Å². The second-order valence-corrected chi connectivity index (χ2v) is 4.45. The van der Waals surface area contributed by atoms with Gasteiger partial charge in [0.1, 0.15) is 0 Å². The van der Waals surface area contributed by atoms with Crippen molar-refractivity contribution < 1.29 is 8.78 Å². The van der Waals surface area contributed by atoms with Crippen molar-refractivity contribution in [3.63, 3.8) is 0 Å². The molecule has 19 heavy (non-hydrogen) atoms. The van der Waals surface area contributed by atoms with Gasteiger partial charge in [-0.05, 0) is 24.1 Å². The molecule has 0 heterocycles. The minimum Gasteiger partial charge on any atom is -0.312 e. The number of hydrogen-bond acceptors (Lipinski definition) is 1. The van der Waals surface area contributed by atoms with Gasteiger partial charge >= 0.3 is 0 Å². The molecule has 0 fully saturated rings. The fourth-order valence-corrected chi connectivity index (χ4v) is 1.89. The molecule has 1 N–H and O–H groups in total. The lowest BCUT2D eigenvalue weighted by molar-refractivity contribution is 0.151. The van der Waals surface area contributed by atoms with Crippen molar-refractivity contribution in [2.24, 2.45) is 0 Å². The topological polar surface area (TPSA) is 12.0 Å².